The van der Waals surface area contributed by atoms with Crippen LogP contribution in [-0.4, -0.2) is 15.3 Å². The standard InChI is InChI=1S/C15H10ClF2N3O2S/c1-6-12(13(19)22)21-14(23)11(18)9(20-15(21)24-6)5-7-3-2-4-8(16)10(7)17/h2-4H,5H2,1H3,(H2,19,22). The molecule has 124 valence electrons. The van der Waals surface area contributed by atoms with Crippen LogP contribution in [0.2, 0.25) is 5.02 Å². The summed E-state index contributed by atoms with van der Waals surface area (Å²) in [6.45, 7) is 1.58. The van der Waals surface area contributed by atoms with Crippen LogP contribution in [0.1, 0.15) is 26.6 Å². The van der Waals surface area contributed by atoms with E-state index in [0.717, 1.165) is 15.7 Å². The molecule has 0 fully saturated rings. The number of rotatable bonds is 3. The first-order valence-corrected chi connectivity index (χ1v) is 7.94. The molecule has 9 heteroatoms. The van der Waals surface area contributed by atoms with Crippen LogP contribution in [0.4, 0.5) is 8.78 Å². The smallest absolute Gasteiger partial charge is 0.295 e. The van der Waals surface area contributed by atoms with Crippen LogP contribution in [0.3, 0.4) is 0 Å². The van der Waals surface area contributed by atoms with Crippen molar-refractivity contribution in [2.45, 2.75) is 13.3 Å². The molecule has 0 unspecified atom stereocenters. The maximum Gasteiger partial charge on any atom is 0.295 e. The monoisotopic (exact) mass is 369 g/mol. The van der Waals surface area contributed by atoms with E-state index in [9.17, 15) is 18.4 Å². The van der Waals surface area contributed by atoms with Crippen LogP contribution < -0.4 is 11.3 Å². The summed E-state index contributed by atoms with van der Waals surface area (Å²) in [6.07, 6.45) is -0.243. The quantitative estimate of drug-likeness (QED) is 0.771. The Balaban J connectivity index is 2.21. The molecule has 2 N–H and O–H groups in total. The van der Waals surface area contributed by atoms with Crippen molar-refractivity contribution in [1.29, 1.82) is 0 Å². The fourth-order valence-corrected chi connectivity index (χ4v) is 3.58. The Morgan fingerprint density at radius 2 is 2.08 bits per heavy atom. The van der Waals surface area contributed by atoms with E-state index in [1.54, 1.807) is 6.92 Å². The van der Waals surface area contributed by atoms with Gasteiger partial charge in [0.1, 0.15) is 11.5 Å². The molecule has 1 aromatic carbocycles. The lowest BCUT2D eigenvalue weighted by Gasteiger charge is -2.06. The number of hydrogen-bond acceptors (Lipinski definition) is 4. The predicted molar refractivity (Wildman–Crippen MR) is 86.8 cm³/mol. The van der Waals surface area contributed by atoms with E-state index in [1.807, 2.05) is 0 Å². The molecule has 0 atom stereocenters. The van der Waals surface area contributed by atoms with Crippen molar-refractivity contribution in [3.63, 3.8) is 0 Å². The highest BCUT2D eigenvalue weighted by Gasteiger charge is 2.22. The summed E-state index contributed by atoms with van der Waals surface area (Å²) >= 11 is 6.73. The minimum atomic E-state index is -1.16. The fraction of sp³-hybridized carbons (Fsp3) is 0.133. The van der Waals surface area contributed by atoms with Crippen LogP contribution in [0.15, 0.2) is 23.0 Å². The predicted octanol–water partition coefficient (Wildman–Crippen LogP) is 2.69. The van der Waals surface area contributed by atoms with Gasteiger partial charge in [0, 0.05) is 11.3 Å². The van der Waals surface area contributed by atoms with Crippen molar-refractivity contribution in [2.24, 2.45) is 5.73 Å². The normalized spacial score (nSPS) is 11.2. The molecule has 2 heterocycles. The summed E-state index contributed by atoms with van der Waals surface area (Å²) < 4.78 is 29.2. The Morgan fingerprint density at radius 3 is 2.75 bits per heavy atom. The highest BCUT2D eigenvalue weighted by Crippen LogP contribution is 2.23. The van der Waals surface area contributed by atoms with Crippen molar-refractivity contribution >= 4 is 33.8 Å². The Kier molecular flexibility index (Phi) is 4.10. The van der Waals surface area contributed by atoms with Gasteiger partial charge < -0.3 is 5.73 Å². The van der Waals surface area contributed by atoms with Gasteiger partial charge in [-0.2, -0.15) is 4.39 Å². The van der Waals surface area contributed by atoms with Crippen molar-refractivity contribution in [2.75, 3.05) is 0 Å². The van der Waals surface area contributed by atoms with Gasteiger partial charge in [-0.1, -0.05) is 23.7 Å². The zero-order valence-electron chi connectivity index (χ0n) is 12.3. The topological polar surface area (TPSA) is 77.5 Å². The summed E-state index contributed by atoms with van der Waals surface area (Å²) in [6, 6.07) is 4.31. The van der Waals surface area contributed by atoms with Gasteiger partial charge in [-0.25, -0.2) is 13.8 Å². The Labute approximate surface area is 143 Å². The molecule has 24 heavy (non-hydrogen) atoms. The molecule has 1 amide bonds. The van der Waals surface area contributed by atoms with Crippen molar-refractivity contribution in [3.8, 4) is 0 Å². The number of amides is 1. The van der Waals surface area contributed by atoms with E-state index in [4.69, 9.17) is 17.3 Å². The maximum atomic E-state index is 14.4. The van der Waals surface area contributed by atoms with E-state index in [2.05, 4.69) is 4.98 Å². The number of halogens is 3. The molecule has 5 nitrogen and oxygen atoms in total. The van der Waals surface area contributed by atoms with Crippen molar-refractivity contribution in [1.82, 2.24) is 9.38 Å². The second-order valence-corrected chi connectivity index (χ2v) is 6.65. The van der Waals surface area contributed by atoms with Gasteiger partial charge in [0.15, 0.2) is 4.96 Å². The van der Waals surface area contributed by atoms with Gasteiger partial charge in [-0.15, -0.1) is 11.3 Å². The highest BCUT2D eigenvalue weighted by molar-refractivity contribution is 7.17. The van der Waals surface area contributed by atoms with Crippen molar-refractivity contribution < 1.29 is 13.6 Å². The molecule has 0 saturated heterocycles. The van der Waals surface area contributed by atoms with Gasteiger partial charge in [0.05, 0.1) is 10.7 Å². The Morgan fingerprint density at radius 1 is 1.38 bits per heavy atom. The first-order valence-electron chi connectivity index (χ1n) is 6.74. The van der Waals surface area contributed by atoms with Crippen molar-refractivity contribution in [3.05, 3.63) is 67.0 Å². The molecule has 0 bridgehead atoms. The summed E-state index contributed by atoms with van der Waals surface area (Å²) in [4.78, 5) is 28.3. The number of fused-ring (bicyclic) bond motifs is 1. The second-order valence-electron chi connectivity index (χ2n) is 5.06. The maximum absolute atomic E-state index is 14.4. The van der Waals surface area contributed by atoms with Crippen LogP contribution in [0.25, 0.3) is 4.96 Å². The zero-order chi connectivity index (χ0) is 17.6. The molecule has 0 aliphatic rings. The van der Waals surface area contributed by atoms with E-state index in [0.29, 0.717) is 4.88 Å². The number of thiazole rings is 1. The average Bonchev–Trinajstić information content (AvgIpc) is 2.85. The number of benzene rings is 1. The van der Waals surface area contributed by atoms with Crippen LogP contribution in [0, 0.1) is 18.6 Å². The number of aromatic nitrogens is 2. The number of carbonyl (C=O) groups excluding carboxylic acids is 1. The number of nitrogens with two attached hydrogens (primary N) is 1. The van der Waals surface area contributed by atoms with Crippen LogP contribution >= 0.6 is 22.9 Å². The SMILES string of the molecule is Cc1sc2nc(Cc3cccc(Cl)c3F)c(F)c(=O)n2c1C(N)=O. The Hall–Kier alpha value is -2.32. The molecular weight excluding hydrogens is 360 g/mol. The van der Waals surface area contributed by atoms with Gasteiger partial charge in [0.25, 0.3) is 11.5 Å². The van der Waals surface area contributed by atoms with Crippen LogP contribution in [0.5, 0.6) is 0 Å². The number of primary amides is 1. The number of aryl methyl sites for hydroxylation is 1. The number of nitrogens with zero attached hydrogens (tertiary/aromatic N) is 2. The molecule has 3 rings (SSSR count). The number of carbonyl (C=O) groups is 1. The largest absolute Gasteiger partial charge is 0.364 e. The first-order chi connectivity index (χ1) is 11.3. The van der Waals surface area contributed by atoms with Gasteiger partial charge in [-0.05, 0) is 18.6 Å². The summed E-state index contributed by atoms with van der Waals surface area (Å²) in [5, 5.41) is -0.103. The minimum absolute atomic E-state index is 0.103. The van der Waals surface area contributed by atoms with Gasteiger partial charge >= 0.3 is 0 Å². The molecule has 0 spiro atoms. The van der Waals surface area contributed by atoms with E-state index < -0.39 is 23.1 Å². The molecular formula is C15H10ClF2N3O2S. The third kappa shape index (κ3) is 2.57. The zero-order valence-corrected chi connectivity index (χ0v) is 13.8. The summed E-state index contributed by atoms with van der Waals surface area (Å²) in [5.74, 6) is -2.70. The molecule has 0 radical (unpaired) electrons. The molecule has 0 aliphatic heterocycles. The number of hydrogen-bond donors (Lipinski definition) is 1. The Bertz CT molecular complexity index is 1050. The second kappa shape index (κ2) is 5.95. The molecule has 2 aromatic heterocycles. The van der Waals surface area contributed by atoms with Crippen LogP contribution in [-0.2, 0) is 6.42 Å². The lowest BCUT2D eigenvalue weighted by atomic mass is 10.1. The fourth-order valence-electron chi connectivity index (χ4n) is 2.40. The third-order valence-corrected chi connectivity index (χ3v) is 4.74. The summed E-state index contributed by atoms with van der Waals surface area (Å²) in [5.41, 5.74) is 3.97. The molecule has 0 aliphatic carbocycles. The average molecular weight is 370 g/mol. The molecule has 0 saturated carbocycles. The minimum Gasteiger partial charge on any atom is -0.364 e. The lowest BCUT2D eigenvalue weighted by Crippen LogP contribution is -2.26. The van der Waals surface area contributed by atoms with E-state index in [1.165, 1.54) is 18.2 Å². The summed E-state index contributed by atoms with van der Waals surface area (Å²) in [7, 11) is 0. The third-order valence-electron chi connectivity index (χ3n) is 3.49. The van der Waals surface area contributed by atoms with Gasteiger partial charge in [-0.3, -0.25) is 9.59 Å². The first kappa shape index (κ1) is 16.5. The van der Waals surface area contributed by atoms with E-state index in [-0.39, 0.29) is 33.4 Å². The van der Waals surface area contributed by atoms with Gasteiger partial charge in [0.2, 0.25) is 5.82 Å². The molecule has 3 aromatic rings. The highest BCUT2D eigenvalue weighted by atomic mass is 35.5. The lowest BCUT2D eigenvalue weighted by molar-refractivity contribution is 0.0994. The van der Waals surface area contributed by atoms with E-state index >= 15 is 0 Å².